The summed E-state index contributed by atoms with van der Waals surface area (Å²) in [5, 5.41) is 13.5. The van der Waals surface area contributed by atoms with Crippen LogP contribution < -0.4 is 5.32 Å². The van der Waals surface area contributed by atoms with E-state index in [0.717, 1.165) is 41.7 Å². The molecule has 2 heterocycles. The number of nitrogens with zero attached hydrogens (tertiary/aromatic N) is 2. The molecule has 0 saturated heterocycles. The van der Waals surface area contributed by atoms with Crippen molar-refractivity contribution in [1.29, 1.82) is 0 Å². The largest absolute Gasteiger partial charge is 0.421 e. The molecule has 0 aliphatic heterocycles. The lowest BCUT2D eigenvalue weighted by Gasteiger charge is -1.99. The van der Waals surface area contributed by atoms with Crippen LogP contribution in [0.2, 0.25) is 0 Å². The van der Waals surface area contributed by atoms with Crippen molar-refractivity contribution in [1.82, 2.24) is 15.5 Å². The van der Waals surface area contributed by atoms with Crippen LogP contribution in [0.25, 0.3) is 11.5 Å². The number of nitrogens with one attached hydrogen (secondary N) is 1. The Morgan fingerprint density at radius 3 is 3.00 bits per heavy atom. The number of hydrogen-bond acceptors (Lipinski definition) is 5. The second kappa shape index (κ2) is 7.01. The minimum absolute atomic E-state index is 0.605. The average molecular weight is 330 g/mol. The zero-order chi connectivity index (χ0) is 12.8. The quantitative estimate of drug-likeness (QED) is 0.790. The van der Waals surface area contributed by atoms with Crippen LogP contribution in [-0.4, -0.2) is 23.3 Å². The van der Waals surface area contributed by atoms with Crippen LogP contribution in [-0.2, 0) is 6.42 Å². The van der Waals surface area contributed by atoms with Gasteiger partial charge in [0.15, 0.2) is 0 Å². The maximum absolute atomic E-state index is 5.63. The Labute approximate surface area is 119 Å². The fourth-order valence-electron chi connectivity index (χ4n) is 1.56. The van der Waals surface area contributed by atoms with Crippen LogP contribution in [0.1, 0.15) is 25.7 Å². The van der Waals surface area contributed by atoms with Gasteiger partial charge in [-0.25, -0.2) is 0 Å². The number of aromatic nitrogens is 2. The van der Waals surface area contributed by atoms with Gasteiger partial charge in [0.2, 0.25) is 11.8 Å². The molecule has 2 aromatic rings. The summed E-state index contributed by atoms with van der Waals surface area (Å²) in [4.78, 5) is 0. The van der Waals surface area contributed by atoms with Crippen LogP contribution in [0.4, 0.5) is 0 Å². The molecule has 0 bridgehead atoms. The highest BCUT2D eigenvalue weighted by Gasteiger charge is 2.09. The lowest BCUT2D eigenvalue weighted by Crippen LogP contribution is -2.16. The molecule has 0 aliphatic carbocycles. The molecule has 1 N–H and O–H groups in total. The number of halogens is 1. The van der Waals surface area contributed by atoms with Gasteiger partial charge in [0.1, 0.15) is 0 Å². The van der Waals surface area contributed by atoms with E-state index >= 15 is 0 Å². The Morgan fingerprint density at radius 1 is 1.39 bits per heavy atom. The Kier molecular flexibility index (Phi) is 5.34. The molecule has 0 amide bonds. The van der Waals surface area contributed by atoms with Crippen LogP contribution in [0.3, 0.4) is 0 Å². The first-order valence-corrected chi connectivity index (χ1v) is 7.74. The average Bonchev–Trinajstić information content (AvgIpc) is 2.97. The molecule has 0 aromatic carbocycles. The predicted octanol–water partition coefficient (Wildman–Crippen LogP) is 3.49. The Morgan fingerprint density at radius 2 is 2.28 bits per heavy atom. The maximum Gasteiger partial charge on any atom is 0.248 e. The number of thiophene rings is 1. The molecular weight excluding hydrogens is 314 g/mol. The molecule has 0 fully saturated rings. The topological polar surface area (TPSA) is 51.0 Å². The molecule has 0 unspecified atom stereocenters. The standard InChI is InChI=1S/C12H16BrN3OS/c1-2-5-14-6-3-4-11-15-16-12(17-11)9-7-10(13)18-8-9/h7-8,14H,2-6H2,1H3. The minimum atomic E-state index is 0.605. The summed E-state index contributed by atoms with van der Waals surface area (Å²) in [6.45, 7) is 4.23. The summed E-state index contributed by atoms with van der Waals surface area (Å²) >= 11 is 5.04. The minimum Gasteiger partial charge on any atom is -0.421 e. The SMILES string of the molecule is CCCNCCCc1nnc(-c2csc(Br)c2)o1. The second-order valence-corrected chi connectivity index (χ2v) is 6.28. The molecule has 6 heteroatoms. The van der Waals surface area contributed by atoms with Crippen molar-refractivity contribution in [2.45, 2.75) is 26.2 Å². The van der Waals surface area contributed by atoms with E-state index in [2.05, 4.69) is 38.4 Å². The summed E-state index contributed by atoms with van der Waals surface area (Å²) in [5.74, 6) is 1.32. The molecule has 0 atom stereocenters. The van der Waals surface area contributed by atoms with Gasteiger partial charge in [-0.3, -0.25) is 0 Å². The zero-order valence-electron chi connectivity index (χ0n) is 10.3. The predicted molar refractivity (Wildman–Crippen MR) is 76.8 cm³/mol. The van der Waals surface area contributed by atoms with Gasteiger partial charge in [-0.2, -0.15) is 0 Å². The van der Waals surface area contributed by atoms with Gasteiger partial charge in [0.25, 0.3) is 0 Å². The van der Waals surface area contributed by atoms with Gasteiger partial charge in [0.05, 0.1) is 9.35 Å². The van der Waals surface area contributed by atoms with E-state index in [9.17, 15) is 0 Å². The summed E-state index contributed by atoms with van der Waals surface area (Å²) in [7, 11) is 0. The van der Waals surface area contributed by atoms with Crippen molar-refractivity contribution in [2.24, 2.45) is 0 Å². The van der Waals surface area contributed by atoms with Gasteiger partial charge >= 0.3 is 0 Å². The summed E-state index contributed by atoms with van der Waals surface area (Å²) in [6, 6.07) is 1.99. The molecule has 98 valence electrons. The molecule has 2 rings (SSSR count). The molecule has 4 nitrogen and oxygen atoms in total. The monoisotopic (exact) mass is 329 g/mol. The van der Waals surface area contributed by atoms with Crippen LogP contribution >= 0.6 is 27.3 Å². The van der Waals surface area contributed by atoms with E-state index in [0.29, 0.717) is 11.8 Å². The first-order chi connectivity index (χ1) is 8.79. The zero-order valence-corrected chi connectivity index (χ0v) is 12.7. The van der Waals surface area contributed by atoms with E-state index in [1.54, 1.807) is 11.3 Å². The van der Waals surface area contributed by atoms with Crippen LogP contribution in [0, 0.1) is 0 Å². The van der Waals surface area contributed by atoms with Gasteiger partial charge in [-0.05, 0) is 47.9 Å². The van der Waals surface area contributed by atoms with Crippen molar-refractivity contribution in [3.8, 4) is 11.5 Å². The number of aryl methyl sites for hydroxylation is 1. The molecule has 0 aliphatic rings. The van der Waals surface area contributed by atoms with Crippen molar-refractivity contribution in [3.05, 3.63) is 21.1 Å². The molecule has 0 radical (unpaired) electrons. The highest BCUT2D eigenvalue weighted by atomic mass is 79.9. The van der Waals surface area contributed by atoms with Crippen LogP contribution in [0.15, 0.2) is 19.6 Å². The lowest BCUT2D eigenvalue weighted by atomic mass is 10.3. The summed E-state index contributed by atoms with van der Waals surface area (Å²) in [5.41, 5.74) is 0.981. The molecule has 0 saturated carbocycles. The van der Waals surface area contributed by atoms with E-state index in [1.807, 2.05) is 11.4 Å². The van der Waals surface area contributed by atoms with Crippen molar-refractivity contribution >= 4 is 27.3 Å². The molecular formula is C12H16BrN3OS. The van der Waals surface area contributed by atoms with E-state index in [1.165, 1.54) is 0 Å². The normalized spacial score (nSPS) is 11.0. The summed E-state index contributed by atoms with van der Waals surface area (Å²) < 4.78 is 6.70. The summed E-state index contributed by atoms with van der Waals surface area (Å²) in [6.07, 6.45) is 3.02. The fourth-order valence-corrected chi connectivity index (χ4v) is 2.69. The highest BCUT2D eigenvalue weighted by molar-refractivity contribution is 9.11. The van der Waals surface area contributed by atoms with Gasteiger partial charge < -0.3 is 9.73 Å². The number of hydrogen-bond donors (Lipinski definition) is 1. The van der Waals surface area contributed by atoms with Crippen LogP contribution in [0.5, 0.6) is 0 Å². The Hall–Kier alpha value is -0.720. The fraction of sp³-hybridized carbons (Fsp3) is 0.500. The Balaban J connectivity index is 1.83. The van der Waals surface area contributed by atoms with Crippen molar-refractivity contribution in [2.75, 3.05) is 13.1 Å². The third-order valence-electron chi connectivity index (χ3n) is 2.45. The first-order valence-electron chi connectivity index (χ1n) is 6.07. The molecule has 0 spiro atoms. The lowest BCUT2D eigenvalue weighted by molar-refractivity contribution is 0.491. The first kappa shape index (κ1) is 13.7. The van der Waals surface area contributed by atoms with E-state index < -0.39 is 0 Å². The van der Waals surface area contributed by atoms with Gasteiger partial charge in [0, 0.05) is 11.8 Å². The number of rotatable bonds is 7. The van der Waals surface area contributed by atoms with Gasteiger partial charge in [-0.1, -0.05) is 6.92 Å². The highest BCUT2D eigenvalue weighted by Crippen LogP contribution is 2.28. The second-order valence-electron chi connectivity index (χ2n) is 3.99. The molecule has 2 aromatic heterocycles. The Bertz CT molecular complexity index is 483. The van der Waals surface area contributed by atoms with Gasteiger partial charge in [-0.15, -0.1) is 21.5 Å². The third kappa shape index (κ3) is 3.90. The smallest absolute Gasteiger partial charge is 0.248 e. The van der Waals surface area contributed by atoms with E-state index in [4.69, 9.17) is 4.42 Å². The van der Waals surface area contributed by atoms with Crippen molar-refractivity contribution < 1.29 is 4.42 Å². The maximum atomic E-state index is 5.63. The van der Waals surface area contributed by atoms with E-state index in [-0.39, 0.29) is 0 Å². The molecule has 18 heavy (non-hydrogen) atoms. The van der Waals surface area contributed by atoms with Crippen molar-refractivity contribution in [3.63, 3.8) is 0 Å². The third-order valence-corrected chi connectivity index (χ3v) is 3.96.